The first-order valence-electron chi connectivity index (χ1n) is 11.0. The van der Waals surface area contributed by atoms with Gasteiger partial charge in [-0.05, 0) is 82.1 Å². The van der Waals surface area contributed by atoms with Crippen molar-refractivity contribution in [3.63, 3.8) is 0 Å². The Morgan fingerprint density at radius 3 is 2.39 bits per heavy atom. The van der Waals surface area contributed by atoms with Crippen molar-refractivity contribution in [1.29, 1.82) is 0 Å². The molecule has 4 rings (SSSR count). The molecule has 1 aliphatic rings. The van der Waals surface area contributed by atoms with Crippen LogP contribution in [0.1, 0.15) is 31.2 Å². The number of hydrogen-bond acceptors (Lipinski definition) is 4. The molecule has 6 heteroatoms. The van der Waals surface area contributed by atoms with E-state index >= 15 is 0 Å². The van der Waals surface area contributed by atoms with Crippen LogP contribution in [0.5, 0.6) is 5.75 Å². The summed E-state index contributed by atoms with van der Waals surface area (Å²) in [5, 5.41) is 3.05. The SMILES string of the molecule is CCOc1ccc(NC(=O)C2CCN(c3ncccc3-n3c(C)ccc3C)CC2)cc1. The molecular weight excluding hydrogens is 388 g/mol. The van der Waals surface area contributed by atoms with Crippen LogP contribution in [0.2, 0.25) is 0 Å². The predicted molar refractivity (Wildman–Crippen MR) is 124 cm³/mol. The van der Waals surface area contributed by atoms with Crippen LogP contribution >= 0.6 is 0 Å². The summed E-state index contributed by atoms with van der Waals surface area (Å²) in [5.41, 5.74) is 4.29. The Morgan fingerprint density at radius 2 is 1.74 bits per heavy atom. The van der Waals surface area contributed by atoms with Crippen LogP contribution in [0.25, 0.3) is 5.69 Å². The quantitative estimate of drug-likeness (QED) is 0.628. The molecule has 0 radical (unpaired) electrons. The van der Waals surface area contributed by atoms with Crippen molar-refractivity contribution in [3.05, 3.63) is 66.1 Å². The average molecular weight is 419 g/mol. The summed E-state index contributed by atoms with van der Waals surface area (Å²) in [6.07, 6.45) is 3.46. The lowest BCUT2D eigenvalue weighted by atomic mass is 9.95. The highest BCUT2D eigenvalue weighted by Crippen LogP contribution is 2.29. The van der Waals surface area contributed by atoms with E-state index in [1.165, 1.54) is 11.4 Å². The molecule has 0 unspecified atom stereocenters. The molecule has 1 aromatic carbocycles. The van der Waals surface area contributed by atoms with Gasteiger partial charge in [-0.1, -0.05) is 0 Å². The van der Waals surface area contributed by atoms with E-state index in [0.29, 0.717) is 6.61 Å². The summed E-state index contributed by atoms with van der Waals surface area (Å²) in [6.45, 7) is 8.43. The number of benzene rings is 1. The number of anilines is 2. The van der Waals surface area contributed by atoms with E-state index in [2.05, 4.69) is 46.8 Å². The molecule has 3 aromatic rings. The maximum atomic E-state index is 12.8. The molecule has 2 aromatic heterocycles. The van der Waals surface area contributed by atoms with Crippen molar-refractivity contribution < 1.29 is 9.53 Å². The molecule has 31 heavy (non-hydrogen) atoms. The molecule has 1 aliphatic heterocycles. The summed E-state index contributed by atoms with van der Waals surface area (Å²) < 4.78 is 7.70. The number of pyridine rings is 1. The Labute approximate surface area is 183 Å². The van der Waals surface area contributed by atoms with E-state index in [1.54, 1.807) is 0 Å². The van der Waals surface area contributed by atoms with Crippen LogP contribution in [0.3, 0.4) is 0 Å². The van der Waals surface area contributed by atoms with Gasteiger partial charge < -0.3 is 19.5 Å². The summed E-state index contributed by atoms with van der Waals surface area (Å²) >= 11 is 0. The van der Waals surface area contributed by atoms with E-state index in [0.717, 1.165) is 48.9 Å². The number of aryl methyl sites for hydroxylation is 2. The van der Waals surface area contributed by atoms with Crippen LogP contribution in [0.4, 0.5) is 11.5 Å². The van der Waals surface area contributed by atoms with Gasteiger partial charge in [-0.25, -0.2) is 4.98 Å². The Morgan fingerprint density at radius 1 is 1.06 bits per heavy atom. The molecule has 3 heterocycles. The third-order valence-electron chi connectivity index (χ3n) is 5.88. The summed E-state index contributed by atoms with van der Waals surface area (Å²) in [5.74, 6) is 1.88. The minimum atomic E-state index is 0.00466. The fourth-order valence-corrected chi connectivity index (χ4v) is 4.25. The van der Waals surface area contributed by atoms with Gasteiger partial charge in [0.1, 0.15) is 5.75 Å². The molecule has 1 saturated heterocycles. The largest absolute Gasteiger partial charge is 0.494 e. The zero-order valence-electron chi connectivity index (χ0n) is 18.5. The van der Waals surface area contributed by atoms with Crippen molar-refractivity contribution >= 4 is 17.4 Å². The standard InChI is InChI=1S/C25H30N4O2/c1-4-31-22-11-9-21(10-12-22)27-25(30)20-13-16-28(17-14-20)24-23(6-5-15-26-24)29-18(2)7-8-19(29)3/h5-12,15,20H,4,13-14,16-17H2,1-3H3,(H,27,30). The highest BCUT2D eigenvalue weighted by Gasteiger charge is 2.27. The summed E-state index contributed by atoms with van der Waals surface area (Å²) in [7, 11) is 0. The van der Waals surface area contributed by atoms with E-state index < -0.39 is 0 Å². The van der Waals surface area contributed by atoms with Crippen molar-refractivity contribution in [2.75, 3.05) is 29.9 Å². The molecule has 1 fully saturated rings. The van der Waals surface area contributed by atoms with Crippen molar-refractivity contribution in [1.82, 2.24) is 9.55 Å². The first-order valence-corrected chi connectivity index (χ1v) is 11.0. The van der Waals surface area contributed by atoms with Crippen molar-refractivity contribution in [2.45, 2.75) is 33.6 Å². The first kappa shape index (κ1) is 21.0. The fourth-order valence-electron chi connectivity index (χ4n) is 4.25. The van der Waals surface area contributed by atoms with E-state index in [1.807, 2.05) is 43.5 Å². The molecule has 6 nitrogen and oxygen atoms in total. The number of hydrogen-bond donors (Lipinski definition) is 1. The Kier molecular flexibility index (Phi) is 6.26. The number of nitrogens with zero attached hydrogens (tertiary/aromatic N) is 3. The zero-order valence-corrected chi connectivity index (χ0v) is 18.5. The molecule has 1 amide bonds. The summed E-state index contributed by atoms with van der Waals surface area (Å²) in [6, 6.07) is 15.9. The van der Waals surface area contributed by atoms with Crippen LogP contribution in [-0.4, -0.2) is 35.2 Å². The third kappa shape index (κ3) is 4.58. The molecular formula is C25H30N4O2. The topological polar surface area (TPSA) is 59.4 Å². The lowest BCUT2D eigenvalue weighted by Gasteiger charge is -2.33. The predicted octanol–water partition coefficient (Wildman–Crippen LogP) is 4.74. The van der Waals surface area contributed by atoms with Gasteiger partial charge in [-0.2, -0.15) is 0 Å². The van der Waals surface area contributed by atoms with Crippen molar-refractivity contribution in [2.24, 2.45) is 5.92 Å². The monoisotopic (exact) mass is 418 g/mol. The smallest absolute Gasteiger partial charge is 0.227 e. The molecule has 0 atom stereocenters. The Balaban J connectivity index is 1.41. The average Bonchev–Trinajstić information content (AvgIpc) is 3.13. The third-order valence-corrected chi connectivity index (χ3v) is 5.88. The molecule has 1 N–H and O–H groups in total. The second-order valence-electron chi connectivity index (χ2n) is 8.01. The summed E-state index contributed by atoms with van der Waals surface area (Å²) in [4.78, 5) is 19.8. The number of piperidine rings is 1. The van der Waals surface area contributed by atoms with E-state index in [9.17, 15) is 4.79 Å². The molecule has 0 saturated carbocycles. The second kappa shape index (κ2) is 9.25. The molecule has 0 aliphatic carbocycles. The molecule has 162 valence electrons. The first-order chi connectivity index (χ1) is 15.1. The number of carbonyl (C=O) groups is 1. The zero-order chi connectivity index (χ0) is 21.8. The fraction of sp³-hybridized carbons (Fsp3) is 0.360. The van der Waals surface area contributed by atoms with Gasteiger partial charge in [0, 0.05) is 42.3 Å². The Bertz CT molecular complexity index is 1010. The lowest BCUT2D eigenvalue weighted by Crippen LogP contribution is -2.39. The number of carbonyl (C=O) groups excluding carboxylic acids is 1. The maximum Gasteiger partial charge on any atom is 0.227 e. The lowest BCUT2D eigenvalue weighted by molar-refractivity contribution is -0.120. The van der Waals surface area contributed by atoms with Crippen LogP contribution < -0.4 is 15.0 Å². The van der Waals surface area contributed by atoms with Gasteiger partial charge in [0.15, 0.2) is 5.82 Å². The van der Waals surface area contributed by atoms with Crippen LogP contribution in [-0.2, 0) is 4.79 Å². The normalized spacial score (nSPS) is 14.5. The van der Waals surface area contributed by atoms with Gasteiger partial charge in [-0.15, -0.1) is 0 Å². The van der Waals surface area contributed by atoms with Gasteiger partial charge in [-0.3, -0.25) is 4.79 Å². The number of ether oxygens (including phenoxy) is 1. The highest BCUT2D eigenvalue weighted by atomic mass is 16.5. The van der Waals surface area contributed by atoms with Gasteiger partial charge in [0.05, 0.1) is 12.3 Å². The van der Waals surface area contributed by atoms with Crippen molar-refractivity contribution in [3.8, 4) is 11.4 Å². The van der Waals surface area contributed by atoms with E-state index in [4.69, 9.17) is 9.72 Å². The minimum absolute atomic E-state index is 0.00466. The van der Waals surface area contributed by atoms with Crippen LogP contribution in [0, 0.1) is 19.8 Å². The highest BCUT2D eigenvalue weighted by molar-refractivity contribution is 5.92. The van der Waals surface area contributed by atoms with Crippen LogP contribution in [0.15, 0.2) is 54.7 Å². The van der Waals surface area contributed by atoms with Gasteiger partial charge >= 0.3 is 0 Å². The number of nitrogens with one attached hydrogen (secondary N) is 1. The van der Waals surface area contributed by atoms with E-state index in [-0.39, 0.29) is 11.8 Å². The Hall–Kier alpha value is -3.28. The molecule has 0 bridgehead atoms. The number of amides is 1. The second-order valence-corrected chi connectivity index (χ2v) is 8.01. The van der Waals surface area contributed by atoms with Gasteiger partial charge in [0.25, 0.3) is 0 Å². The minimum Gasteiger partial charge on any atom is -0.494 e. The maximum absolute atomic E-state index is 12.8. The van der Waals surface area contributed by atoms with Gasteiger partial charge in [0.2, 0.25) is 5.91 Å². The number of aromatic nitrogens is 2. The molecule has 0 spiro atoms. The number of rotatable bonds is 6.